The molecule has 2 atom stereocenters. The molecule has 0 radical (unpaired) electrons. The van der Waals surface area contributed by atoms with E-state index in [0.717, 1.165) is 16.6 Å². The molecule has 0 fully saturated rings. The van der Waals surface area contributed by atoms with Gasteiger partial charge in [0.25, 0.3) is 0 Å². The number of benzene rings is 1. The van der Waals surface area contributed by atoms with Crippen LogP contribution in [0.25, 0.3) is 0 Å². The van der Waals surface area contributed by atoms with Gasteiger partial charge in [0.2, 0.25) is 0 Å². The lowest BCUT2D eigenvalue weighted by atomic mass is 10.1. The molecule has 1 rings (SSSR count). The molecule has 0 heterocycles. The first-order valence-electron chi connectivity index (χ1n) is 5.12. The maximum atomic E-state index is 5.97. The molecular formula is C12H16BrClO. The largest absolute Gasteiger partial charge is 0.494 e. The van der Waals surface area contributed by atoms with Crippen molar-refractivity contribution in [2.45, 2.75) is 25.6 Å². The normalized spacial score (nSPS) is 14.7. The zero-order valence-corrected chi connectivity index (χ0v) is 11.4. The molecule has 1 aromatic carbocycles. The second-order valence-corrected chi connectivity index (χ2v) is 5.35. The Kier molecular flexibility index (Phi) is 5.48. The zero-order valence-electron chi connectivity index (χ0n) is 9.04. The molecule has 15 heavy (non-hydrogen) atoms. The summed E-state index contributed by atoms with van der Waals surface area (Å²) in [5, 5.41) is 0.205. The van der Waals surface area contributed by atoms with E-state index < -0.39 is 0 Å². The fraction of sp³-hybridized carbons (Fsp3) is 0.500. The van der Waals surface area contributed by atoms with Crippen LogP contribution in [0.3, 0.4) is 0 Å². The summed E-state index contributed by atoms with van der Waals surface area (Å²) in [4.78, 5) is 0. The Labute approximate surface area is 105 Å². The zero-order chi connectivity index (χ0) is 11.3. The lowest BCUT2D eigenvalue weighted by Gasteiger charge is -2.14. The van der Waals surface area contributed by atoms with Gasteiger partial charge in [0.15, 0.2) is 0 Å². The molecule has 3 heteroatoms. The van der Waals surface area contributed by atoms with Crippen molar-refractivity contribution in [3.8, 4) is 5.75 Å². The van der Waals surface area contributed by atoms with Crippen LogP contribution in [0.5, 0.6) is 5.75 Å². The number of ether oxygens (including phenoxy) is 1. The summed E-state index contributed by atoms with van der Waals surface area (Å²) in [6.45, 7) is 4.88. The van der Waals surface area contributed by atoms with Crippen LogP contribution in [0.2, 0.25) is 0 Å². The minimum absolute atomic E-state index is 0.205. The molecule has 0 N–H and O–H groups in total. The van der Waals surface area contributed by atoms with Gasteiger partial charge in [-0.05, 0) is 37.5 Å². The van der Waals surface area contributed by atoms with Gasteiger partial charge in [0, 0.05) is 9.85 Å². The van der Waals surface area contributed by atoms with Crippen molar-refractivity contribution in [3.05, 3.63) is 28.7 Å². The predicted octanol–water partition coefficient (Wildman–Crippen LogP) is 4.48. The highest BCUT2D eigenvalue weighted by Gasteiger charge is 2.08. The molecule has 0 saturated carbocycles. The highest BCUT2D eigenvalue weighted by atomic mass is 79.9. The molecule has 0 aromatic heterocycles. The van der Waals surface area contributed by atoms with Gasteiger partial charge in [-0.3, -0.25) is 0 Å². The molecular weight excluding hydrogens is 275 g/mol. The van der Waals surface area contributed by atoms with Gasteiger partial charge in [-0.15, -0.1) is 11.6 Å². The Bertz CT molecular complexity index is 301. The topological polar surface area (TPSA) is 9.23 Å². The third kappa shape index (κ3) is 4.89. The quantitative estimate of drug-likeness (QED) is 0.727. The molecule has 84 valence electrons. The van der Waals surface area contributed by atoms with Crippen molar-refractivity contribution in [3.63, 3.8) is 0 Å². The van der Waals surface area contributed by atoms with E-state index >= 15 is 0 Å². The van der Waals surface area contributed by atoms with Gasteiger partial charge in [-0.25, -0.2) is 0 Å². The van der Waals surface area contributed by atoms with Crippen molar-refractivity contribution >= 4 is 27.5 Å². The first kappa shape index (κ1) is 12.9. The standard InChI is InChI=1S/C12H16BrClO/c1-9(10(2)14)6-7-15-12-5-3-4-11(13)8-12/h3-5,8-10H,6-7H2,1-2H3. The number of halogens is 2. The summed E-state index contributed by atoms with van der Waals surface area (Å²) in [6.07, 6.45) is 0.983. The maximum absolute atomic E-state index is 5.97. The minimum atomic E-state index is 0.205. The van der Waals surface area contributed by atoms with E-state index in [-0.39, 0.29) is 5.38 Å². The van der Waals surface area contributed by atoms with E-state index in [0.29, 0.717) is 12.5 Å². The summed E-state index contributed by atoms with van der Waals surface area (Å²) in [5.74, 6) is 1.39. The lowest BCUT2D eigenvalue weighted by molar-refractivity contribution is 0.282. The molecule has 0 saturated heterocycles. The Balaban J connectivity index is 2.32. The van der Waals surface area contributed by atoms with Gasteiger partial charge in [-0.2, -0.15) is 0 Å². The molecule has 0 aliphatic rings. The highest BCUT2D eigenvalue weighted by Crippen LogP contribution is 2.19. The molecule has 0 aliphatic heterocycles. The predicted molar refractivity (Wildman–Crippen MR) is 68.7 cm³/mol. The van der Waals surface area contributed by atoms with Gasteiger partial charge < -0.3 is 4.74 Å². The van der Waals surface area contributed by atoms with Crippen molar-refractivity contribution in [2.24, 2.45) is 5.92 Å². The van der Waals surface area contributed by atoms with Gasteiger partial charge >= 0.3 is 0 Å². The van der Waals surface area contributed by atoms with Crippen LogP contribution in [-0.4, -0.2) is 12.0 Å². The average Bonchev–Trinajstić information content (AvgIpc) is 2.17. The third-order valence-corrected chi connectivity index (χ3v) is 3.35. The fourth-order valence-electron chi connectivity index (χ4n) is 1.15. The molecule has 1 nitrogen and oxygen atoms in total. The van der Waals surface area contributed by atoms with Crippen molar-refractivity contribution in [2.75, 3.05) is 6.61 Å². The lowest BCUT2D eigenvalue weighted by Crippen LogP contribution is -2.11. The summed E-state index contributed by atoms with van der Waals surface area (Å²) >= 11 is 9.38. The maximum Gasteiger partial charge on any atom is 0.120 e. The van der Waals surface area contributed by atoms with Crippen LogP contribution in [0.4, 0.5) is 0 Å². The van der Waals surface area contributed by atoms with Gasteiger partial charge in [-0.1, -0.05) is 28.9 Å². The molecule has 1 aromatic rings. The molecule has 0 bridgehead atoms. The number of alkyl halides is 1. The van der Waals surface area contributed by atoms with Crippen LogP contribution in [0, 0.1) is 5.92 Å². The van der Waals surface area contributed by atoms with E-state index in [4.69, 9.17) is 16.3 Å². The van der Waals surface area contributed by atoms with Gasteiger partial charge in [0.05, 0.1) is 6.61 Å². The smallest absolute Gasteiger partial charge is 0.120 e. The molecule has 0 spiro atoms. The monoisotopic (exact) mass is 290 g/mol. The third-order valence-electron chi connectivity index (χ3n) is 2.42. The Morgan fingerprint density at radius 1 is 1.40 bits per heavy atom. The van der Waals surface area contributed by atoms with Gasteiger partial charge in [0.1, 0.15) is 5.75 Å². The van der Waals surface area contributed by atoms with E-state index in [2.05, 4.69) is 22.9 Å². The first-order chi connectivity index (χ1) is 7.09. The van der Waals surface area contributed by atoms with E-state index in [1.807, 2.05) is 31.2 Å². The molecule has 2 unspecified atom stereocenters. The van der Waals surface area contributed by atoms with Crippen LogP contribution >= 0.6 is 27.5 Å². The SMILES string of the molecule is CC(Cl)C(C)CCOc1cccc(Br)c1. The second kappa shape index (κ2) is 6.39. The van der Waals surface area contributed by atoms with Crippen LogP contribution in [0.1, 0.15) is 20.3 Å². The summed E-state index contributed by atoms with van der Waals surface area (Å²) < 4.78 is 6.66. The van der Waals surface area contributed by atoms with Crippen molar-refractivity contribution in [1.29, 1.82) is 0 Å². The second-order valence-electron chi connectivity index (χ2n) is 3.75. The Hall–Kier alpha value is -0.210. The van der Waals surface area contributed by atoms with Crippen molar-refractivity contribution < 1.29 is 4.74 Å². The fourth-order valence-corrected chi connectivity index (χ4v) is 1.65. The van der Waals surface area contributed by atoms with Crippen molar-refractivity contribution in [1.82, 2.24) is 0 Å². The Morgan fingerprint density at radius 2 is 2.13 bits per heavy atom. The Morgan fingerprint density at radius 3 is 2.73 bits per heavy atom. The molecule has 0 amide bonds. The van der Waals surface area contributed by atoms with Crippen LogP contribution in [-0.2, 0) is 0 Å². The number of hydrogen-bond donors (Lipinski definition) is 0. The van der Waals surface area contributed by atoms with E-state index in [1.54, 1.807) is 0 Å². The van der Waals surface area contributed by atoms with E-state index in [1.165, 1.54) is 0 Å². The van der Waals surface area contributed by atoms with Crippen LogP contribution < -0.4 is 4.74 Å². The van der Waals surface area contributed by atoms with Crippen LogP contribution in [0.15, 0.2) is 28.7 Å². The first-order valence-corrected chi connectivity index (χ1v) is 6.35. The van der Waals surface area contributed by atoms with E-state index in [9.17, 15) is 0 Å². The average molecular weight is 292 g/mol. The number of hydrogen-bond acceptors (Lipinski definition) is 1. The number of rotatable bonds is 5. The molecule has 0 aliphatic carbocycles. The summed E-state index contributed by atoms with van der Waals surface area (Å²) in [7, 11) is 0. The summed E-state index contributed by atoms with van der Waals surface area (Å²) in [5.41, 5.74) is 0. The minimum Gasteiger partial charge on any atom is -0.494 e. The highest BCUT2D eigenvalue weighted by molar-refractivity contribution is 9.10. The summed E-state index contributed by atoms with van der Waals surface area (Å²) in [6, 6.07) is 7.87.